The molecule has 7 nitrogen and oxygen atoms in total. The summed E-state index contributed by atoms with van der Waals surface area (Å²) in [7, 11) is 1.28. The molecule has 0 saturated heterocycles. The van der Waals surface area contributed by atoms with E-state index in [1.807, 2.05) is 66.7 Å². The first kappa shape index (κ1) is 28.9. The normalized spacial score (nSPS) is 11.8. The zero-order valence-corrected chi connectivity index (χ0v) is 22.9. The van der Waals surface area contributed by atoms with Gasteiger partial charge in [-0.3, -0.25) is 0 Å². The highest BCUT2D eigenvalue weighted by molar-refractivity contribution is 6.31. The van der Waals surface area contributed by atoms with Crippen molar-refractivity contribution in [1.82, 2.24) is 5.32 Å². The molecule has 1 N–H and O–H groups in total. The smallest absolute Gasteiger partial charge is 0.408 e. The molecule has 0 aliphatic rings. The number of carbonyl (C=O) groups excluding carboxylic acids is 2. The van der Waals surface area contributed by atoms with Crippen LogP contribution in [0.5, 0.6) is 17.2 Å². The third-order valence-electron chi connectivity index (χ3n) is 5.43. The Labute approximate surface area is 229 Å². The quantitative estimate of drug-likeness (QED) is 0.262. The van der Waals surface area contributed by atoms with Gasteiger partial charge in [-0.15, -0.1) is 0 Å². The van der Waals surface area contributed by atoms with Crippen molar-refractivity contribution in [3.05, 3.63) is 88.9 Å². The Morgan fingerprint density at radius 3 is 2.32 bits per heavy atom. The zero-order valence-electron chi connectivity index (χ0n) is 22.2. The molecule has 1 atom stereocenters. The fraction of sp³-hybridized carbons (Fsp3) is 0.333. The van der Waals surface area contributed by atoms with Gasteiger partial charge in [0.05, 0.1) is 7.11 Å². The third-order valence-corrected chi connectivity index (χ3v) is 5.78. The number of methoxy groups -OCH3 is 1. The second kappa shape index (κ2) is 13.7. The molecular weight excluding hydrogens is 506 g/mol. The molecule has 0 heterocycles. The number of hydrogen-bond donors (Lipinski definition) is 1. The SMILES string of the molecule is COC(=O)C(CCCc1ccc(Oc2cccc(OCc3ccccc3)c2)cc1Cl)NC(=O)OC(C)(C)C. The van der Waals surface area contributed by atoms with E-state index in [9.17, 15) is 9.59 Å². The summed E-state index contributed by atoms with van der Waals surface area (Å²) in [4.78, 5) is 24.2. The standard InChI is InChI=1S/C30H34ClNO6/c1-30(2,3)38-29(34)32-27(28(33)35-4)15-8-12-22-16-17-25(19-26(22)31)37-24-14-9-13-23(18-24)36-20-21-10-6-5-7-11-21/h5-7,9-11,13-14,16-19,27H,8,12,15,20H2,1-4H3,(H,32,34). The van der Waals surface area contributed by atoms with Crippen molar-refractivity contribution in [2.75, 3.05) is 7.11 Å². The van der Waals surface area contributed by atoms with Crippen LogP contribution < -0.4 is 14.8 Å². The molecule has 0 aliphatic carbocycles. The third kappa shape index (κ3) is 9.63. The predicted molar refractivity (Wildman–Crippen MR) is 147 cm³/mol. The summed E-state index contributed by atoms with van der Waals surface area (Å²) >= 11 is 6.52. The summed E-state index contributed by atoms with van der Waals surface area (Å²) in [6.07, 6.45) is 0.903. The molecule has 3 aromatic carbocycles. The molecule has 1 amide bonds. The first-order valence-corrected chi connectivity index (χ1v) is 12.8. The van der Waals surface area contributed by atoms with Gasteiger partial charge in [0.15, 0.2) is 0 Å². The Morgan fingerprint density at radius 1 is 0.921 bits per heavy atom. The minimum atomic E-state index is -0.812. The van der Waals surface area contributed by atoms with Crippen LogP contribution in [0.4, 0.5) is 4.79 Å². The zero-order chi connectivity index (χ0) is 27.5. The molecule has 1 unspecified atom stereocenters. The molecule has 0 aliphatic heterocycles. The van der Waals surface area contributed by atoms with Crippen LogP contribution in [0, 0.1) is 0 Å². The van der Waals surface area contributed by atoms with Gasteiger partial charge in [0.1, 0.15) is 35.5 Å². The van der Waals surface area contributed by atoms with E-state index in [-0.39, 0.29) is 0 Å². The lowest BCUT2D eigenvalue weighted by Crippen LogP contribution is -2.44. The lowest BCUT2D eigenvalue weighted by molar-refractivity contribution is -0.143. The topological polar surface area (TPSA) is 83.1 Å². The second-order valence-electron chi connectivity index (χ2n) is 9.72. The summed E-state index contributed by atoms with van der Waals surface area (Å²) < 4.78 is 21.9. The first-order valence-electron chi connectivity index (χ1n) is 12.4. The summed E-state index contributed by atoms with van der Waals surface area (Å²) in [5.74, 6) is 1.40. The van der Waals surface area contributed by atoms with Crippen molar-refractivity contribution in [2.45, 2.75) is 58.3 Å². The van der Waals surface area contributed by atoms with Gasteiger partial charge in [-0.05, 0) is 75.4 Å². The van der Waals surface area contributed by atoms with E-state index >= 15 is 0 Å². The molecule has 0 aromatic heterocycles. The number of esters is 1. The Bertz CT molecular complexity index is 1210. The molecule has 0 bridgehead atoms. The molecule has 0 fully saturated rings. The minimum Gasteiger partial charge on any atom is -0.489 e. The van der Waals surface area contributed by atoms with E-state index in [1.165, 1.54) is 7.11 Å². The summed E-state index contributed by atoms with van der Waals surface area (Å²) in [5.41, 5.74) is 1.32. The average molecular weight is 540 g/mol. The van der Waals surface area contributed by atoms with Crippen LogP contribution in [0.1, 0.15) is 44.7 Å². The van der Waals surface area contributed by atoms with Crippen molar-refractivity contribution < 1.29 is 28.5 Å². The Hall–Kier alpha value is -3.71. The van der Waals surface area contributed by atoms with Gasteiger partial charge in [-0.25, -0.2) is 9.59 Å². The van der Waals surface area contributed by atoms with Gasteiger partial charge in [0.25, 0.3) is 0 Å². The maximum Gasteiger partial charge on any atom is 0.408 e. The number of nitrogens with one attached hydrogen (secondary N) is 1. The summed E-state index contributed by atoms with van der Waals surface area (Å²) in [5, 5.41) is 3.14. The monoisotopic (exact) mass is 539 g/mol. The van der Waals surface area contributed by atoms with Gasteiger partial charge in [-0.1, -0.05) is 54.1 Å². The van der Waals surface area contributed by atoms with Crippen molar-refractivity contribution in [1.29, 1.82) is 0 Å². The van der Waals surface area contributed by atoms with Crippen molar-refractivity contribution >= 4 is 23.7 Å². The highest BCUT2D eigenvalue weighted by Crippen LogP contribution is 2.30. The Balaban J connectivity index is 1.54. The lowest BCUT2D eigenvalue weighted by atomic mass is 10.0. The lowest BCUT2D eigenvalue weighted by Gasteiger charge is -2.22. The highest BCUT2D eigenvalue weighted by atomic mass is 35.5. The van der Waals surface area contributed by atoms with Crippen LogP contribution >= 0.6 is 11.6 Å². The van der Waals surface area contributed by atoms with E-state index in [1.54, 1.807) is 26.8 Å². The Morgan fingerprint density at radius 2 is 1.63 bits per heavy atom. The molecular formula is C30H34ClNO6. The van der Waals surface area contributed by atoms with E-state index in [0.29, 0.717) is 48.1 Å². The Kier molecular flexibility index (Phi) is 10.4. The molecule has 38 heavy (non-hydrogen) atoms. The minimum absolute atomic E-state index is 0.371. The number of benzene rings is 3. The maximum atomic E-state index is 12.1. The van der Waals surface area contributed by atoms with Gasteiger partial charge in [-0.2, -0.15) is 0 Å². The van der Waals surface area contributed by atoms with Crippen molar-refractivity contribution in [3.8, 4) is 17.2 Å². The number of amides is 1. The molecule has 0 spiro atoms. The number of rotatable bonds is 11. The molecule has 3 rings (SSSR count). The molecule has 0 radical (unpaired) electrons. The van der Waals surface area contributed by atoms with Crippen LogP contribution in [0.3, 0.4) is 0 Å². The van der Waals surface area contributed by atoms with E-state index < -0.39 is 23.7 Å². The number of hydrogen-bond acceptors (Lipinski definition) is 6. The van der Waals surface area contributed by atoms with E-state index in [4.69, 9.17) is 30.5 Å². The molecule has 8 heteroatoms. The van der Waals surface area contributed by atoms with Gasteiger partial charge >= 0.3 is 12.1 Å². The fourth-order valence-corrected chi connectivity index (χ4v) is 3.90. The fourth-order valence-electron chi connectivity index (χ4n) is 3.64. The van der Waals surface area contributed by atoms with Gasteiger partial charge in [0, 0.05) is 11.1 Å². The van der Waals surface area contributed by atoms with Crippen LogP contribution in [0.25, 0.3) is 0 Å². The molecule has 0 saturated carbocycles. The largest absolute Gasteiger partial charge is 0.489 e. The van der Waals surface area contributed by atoms with E-state index in [2.05, 4.69) is 5.32 Å². The molecule has 202 valence electrons. The average Bonchev–Trinajstić information content (AvgIpc) is 2.87. The van der Waals surface area contributed by atoms with Crippen LogP contribution in [0.2, 0.25) is 5.02 Å². The van der Waals surface area contributed by atoms with Crippen molar-refractivity contribution in [2.24, 2.45) is 0 Å². The van der Waals surface area contributed by atoms with Gasteiger partial charge < -0.3 is 24.3 Å². The number of carbonyl (C=O) groups is 2. The number of alkyl carbamates (subject to hydrolysis) is 1. The molecule has 3 aromatic rings. The first-order chi connectivity index (χ1) is 18.1. The number of ether oxygens (including phenoxy) is 4. The summed E-state index contributed by atoms with van der Waals surface area (Å²) in [6.45, 7) is 5.73. The van der Waals surface area contributed by atoms with Gasteiger partial charge in [0.2, 0.25) is 0 Å². The maximum absolute atomic E-state index is 12.1. The van der Waals surface area contributed by atoms with E-state index in [0.717, 1.165) is 11.1 Å². The van der Waals surface area contributed by atoms with Crippen LogP contribution in [0.15, 0.2) is 72.8 Å². The van der Waals surface area contributed by atoms with Crippen LogP contribution in [-0.4, -0.2) is 30.8 Å². The second-order valence-corrected chi connectivity index (χ2v) is 10.1. The number of halogens is 1. The summed E-state index contributed by atoms with van der Waals surface area (Å²) in [6, 6.07) is 22.0. The van der Waals surface area contributed by atoms with Crippen LogP contribution in [-0.2, 0) is 27.3 Å². The number of aryl methyl sites for hydroxylation is 1. The highest BCUT2D eigenvalue weighted by Gasteiger charge is 2.24. The van der Waals surface area contributed by atoms with Crippen molar-refractivity contribution in [3.63, 3.8) is 0 Å². The predicted octanol–water partition coefficient (Wildman–Crippen LogP) is 7.10.